The first-order valence-electron chi connectivity index (χ1n) is 17.0. The molecule has 2 atom stereocenters. The van der Waals surface area contributed by atoms with Gasteiger partial charge in [-0.1, -0.05) is 112 Å². The van der Waals surface area contributed by atoms with E-state index < -0.39 is 28.4 Å². The number of benzene rings is 4. The van der Waals surface area contributed by atoms with Crippen molar-refractivity contribution in [2.75, 3.05) is 12.8 Å². The van der Waals surface area contributed by atoms with E-state index in [9.17, 15) is 18.9 Å². The normalized spacial score (nSPS) is 13.5. The third-order valence-electron chi connectivity index (χ3n) is 9.04. The Kier molecular flexibility index (Phi) is 11.8. The largest absolute Gasteiger partial charge is 0.481 e. The highest BCUT2D eigenvalue weighted by molar-refractivity contribution is 7.39. The van der Waals surface area contributed by atoms with Gasteiger partial charge in [-0.05, 0) is 65.9 Å². The Balaban J connectivity index is 1.36. The van der Waals surface area contributed by atoms with E-state index in [1.54, 1.807) is 0 Å². The van der Waals surface area contributed by atoms with Gasteiger partial charge in [-0.2, -0.15) is 0 Å². The summed E-state index contributed by atoms with van der Waals surface area (Å²) in [7, 11) is -5.72. The van der Waals surface area contributed by atoms with E-state index in [4.69, 9.17) is 8.95 Å². The fourth-order valence-corrected chi connectivity index (χ4v) is 13.0. The molecular weight excluding hydrogens is 653 g/mol. The lowest BCUT2D eigenvalue weighted by Gasteiger charge is -2.45. The number of aromatic nitrogens is 1. The molecule has 5 rings (SSSR count). The van der Waals surface area contributed by atoms with Crippen LogP contribution in [0.1, 0.15) is 59.2 Å². The molecule has 0 bridgehead atoms. The fraction of sp³-hybridized carbons (Fsp3) is 0.325. The van der Waals surface area contributed by atoms with Gasteiger partial charge in [-0.3, -0.25) is 9.36 Å². The molecule has 1 N–H and O–H groups in total. The molecule has 0 spiro atoms. The molecule has 49 heavy (non-hydrogen) atoms. The van der Waals surface area contributed by atoms with Crippen molar-refractivity contribution in [1.29, 1.82) is 0 Å². The lowest BCUT2D eigenvalue weighted by atomic mass is 10.00. The third-order valence-corrected chi connectivity index (χ3v) is 15.4. The second kappa shape index (κ2) is 15.8. The maximum absolute atomic E-state index is 13.9. The van der Waals surface area contributed by atoms with Gasteiger partial charge in [0, 0.05) is 34.4 Å². The molecule has 1 heterocycles. The summed E-state index contributed by atoms with van der Waals surface area (Å²) in [5, 5.41) is 12.7. The van der Waals surface area contributed by atoms with E-state index in [0.29, 0.717) is 12.8 Å². The summed E-state index contributed by atoms with van der Waals surface area (Å²) in [6.45, 7) is 10.9. The number of hydrogen-bond acceptors (Lipinski definition) is 4. The topological polar surface area (TPSA) is 77.8 Å². The van der Waals surface area contributed by atoms with Crippen LogP contribution in [-0.4, -0.2) is 42.8 Å². The van der Waals surface area contributed by atoms with E-state index in [1.165, 1.54) is 12.1 Å². The number of aliphatic carboxylic acids is 1. The first-order valence-corrected chi connectivity index (χ1v) is 20.4. The standard InChI is InChI=1S/C40H47FNO5PSi/c1-29(2)42-36-20-13-12-19-35(36)39(30-22-24-31(41)25-23-30)37(42)21-14-26-46-48(45)28-32(27-38(43)44)47-49(40(3,4)5,33-15-8-6-9-16-33)34-17-10-7-11-18-34/h6-13,15-20,22-25,29,32,48H,14,21,26-28H2,1-5H3,(H,43,44)/t32-/m0/s1. The number of halogens is 1. The molecule has 0 aliphatic carbocycles. The molecule has 5 aromatic rings. The van der Waals surface area contributed by atoms with E-state index in [2.05, 4.69) is 75.6 Å². The number of carboxylic acids is 1. The third kappa shape index (κ3) is 8.16. The Hall–Kier alpha value is -3.81. The van der Waals surface area contributed by atoms with E-state index in [-0.39, 0.29) is 36.1 Å². The highest BCUT2D eigenvalue weighted by Gasteiger charge is 2.51. The molecule has 1 aromatic heterocycles. The minimum Gasteiger partial charge on any atom is -0.481 e. The number of hydrogen-bond donors (Lipinski definition) is 1. The summed E-state index contributed by atoms with van der Waals surface area (Å²) >= 11 is 0. The summed E-state index contributed by atoms with van der Waals surface area (Å²) in [5.41, 5.74) is 4.24. The second-order valence-electron chi connectivity index (χ2n) is 13.8. The van der Waals surface area contributed by atoms with Crippen molar-refractivity contribution in [3.05, 3.63) is 121 Å². The highest BCUT2D eigenvalue weighted by atomic mass is 31.1. The van der Waals surface area contributed by atoms with Gasteiger partial charge in [0.15, 0.2) is 8.03 Å². The monoisotopic (exact) mass is 699 g/mol. The number of para-hydroxylation sites is 1. The number of carbonyl (C=O) groups is 1. The average molecular weight is 700 g/mol. The van der Waals surface area contributed by atoms with Crippen LogP contribution in [0.5, 0.6) is 0 Å². The maximum Gasteiger partial charge on any atom is 0.305 e. The van der Waals surface area contributed by atoms with Gasteiger partial charge in [0.2, 0.25) is 0 Å². The van der Waals surface area contributed by atoms with E-state index >= 15 is 0 Å². The number of rotatable bonds is 15. The summed E-state index contributed by atoms with van der Waals surface area (Å²) in [6.07, 6.45) is 0.191. The van der Waals surface area contributed by atoms with Crippen molar-refractivity contribution in [2.24, 2.45) is 0 Å². The zero-order valence-electron chi connectivity index (χ0n) is 29.0. The molecular formula is C40H47FNO5PSi. The Labute approximate surface area is 290 Å². The molecule has 0 radical (unpaired) electrons. The van der Waals surface area contributed by atoms with Crippen molar-refractivity contribution in [2.45, 2.75) is 71.1 Å². The first-order chi connectivity index (χ1) is 23.4. The minimum atomic E-state index is -3.07. The van der Waals surface area contributed by atoms with Crippen LogP contribution < -0.4 is 10.4 Å². The Morgan fingerprint density at radius 2 is 1.45 bits per heavy atom. The fourth-order valence-electron chi connectivity index (χ4n) is 7.05. The first kappa shape index (κ1) is 36.5. The van der Waals surface area contributed by atoms with Crippen molar-refractivity contribution in [3.63, 3.8) is 0 Å². The van der Waals surface area contributed by atoms with Crippen molar-refractivity contribution < 1.29 is 27.8 Å². The predicted molar refractivity (Wildman–Crippen MR) is 201 cm³/mol. The lowest BCUT2D eigenvalue weighted by Crippen LogP contribution is -2.68. The SMILES string of the molecule is CC(C)n1c(CCCO[PH](=O)C[C@H](CC(=O)O)O[Si](c2ccccc2)(c2ccccc2)C(C)(C)C)c(-c2ccc(F)cc2)c2ccccc21. The van der Waals surface area contributed by atoms with Gasteiger partial charge < -0.3 is 18.6 Å². The van der Waals surface area contributed by atoms with Gasteiger partial charge in [0.05, 0.1) is 19.1 Å². The van der Waals surface area contributed by atoms with Crippen molar-refractivity contribution in [1.82, 2.24) is 4.57 Å². The van der Waals surface area contributed by atoms with Gasteiger partial charge in [-0.25, -0.2) is 4.39 Å². The molecule has 1 unspecified atom stereocenters. The van der Waals surface area contributed by atoms with Crippen LogP contribution in [0.25, 0.3) is 22.0 Å². The van der Waals surface area contributed by atoms with Gasteiger partial charge in [0.25, 0.3) is 8.32 Å². The summed E-state index contributed by atoms with van der Waals surface area (Å²) in [4.78, 5) is 12.1. The van der Waals surface area contributed by atoms with Gasteiger partial charge >= 0.3 is 5.97 Å². The van der Waals surface area contributed by atoms with Crippen LogP contribution in [0.15, 0.2) is 109 Å². The van der Waals surface area contributed by atoms with Crippen LogP contribution in [0.4, 0.5) is 4.39 Å². The van der Waals surface area contributed by atoms with Crippen molar-refractivity contribution in [3.8, 4) is 11.1 Å². The Morgan fingerprint density at radius 3 is 2.00 bits per heavy atom. The molecule has 0 aliphatic rings. The Bertz CT molecular complexity index is 1830. The quantitative estimate of drug-likeness (QED) is 0.0671. The molecule has 0 amide bonds. The Morgan fingerprint density at radius 1 is 0.878 bits per heavy atom. The zero-order valence-corrected chi connectivity index (χ0v) is 31.0. The lowest BCUT2D eigenvalue weighted by molar-refractivity contribution is -0.138. The molecule has 6 nitrogen and oxygen atoms in total. The van der Waals surface area contributed by atoms with E-state index in [0.717, 1.165) is 38.1 Å². The van der Waals surface area contributed by atoms with Gasteiger partial charge in [-0.15, -0.1) is 0 Å². The van der Waals surface area contributed by atoms with Crippen LogP contribution in [0, 0.1) is 5.82 Å². The highest BCUT2D eigenvalue weighted by Crippen LogP contribution is 2.40. The molecule has 0 saturated heterocycles. The molecule has 0 saturated carbocycles. The molecule has 4 aromatic carbocycles. The van der Waals surface area contributed by atoms with Crippen LogP contribution in [0.3, 0.4) is 0 Å². The van der Waals surface area contributed by atoms with Crippen LogP contribution in [-0.2, 0) is 24.7 Å². The van der Waals surface area contributed by atoms with Gasteiger partial charge in [0.1, 0.15) is 5.82 Å². The zero-order chi connectivity index (χ0) is 35.2. The summed E-state index contributed by atoms with van der Waals surface area (Å²) < 4.78 is 42.7. The maximum atomic E-state index is 13.9. The van der Waals surface area contributed by atoms with Crippen LogP contribution >= 0.6 is 8.03 Å². The summed E-state index contributed by atoms with van der Waals surface area (Å²) in [5.74, 6) is -1.29. The predicted octanol–water partition coefficient (Wildman–Crippen LogP) is 8.87. The van der Waals surface area contributed by atoms with Crippen LogP contribution in [0.2, 0.25) is 5.04 Å². The van der Waals surface area contributed by atoms with Crippen molar-refractivity contribution >= 4 is 43.6 Å². The molecule has 9 heteroatoms. The smallest absolute Gasteiger partial charge is 0.305 e. The number of nitrogens with zero attached hydrogens (tertiary/aromatic N) is 1. The molecule has 0 aliphatic heterocycles. The summed E-state index contributed by atoms with van der Waals surface area (Å²) in [6, 6.07) is 35.1. The molecule has 0 fully saturated rings. The second-order valence-corrected chi connectivity index (χ2v) is 19.5. The number of fused-ring (bicyclic) bond motifs is 1. The average Bonchev–Trinajstić information content (AvgIpc) is 3.40. The number of carboxylic acid groups (broad SMARTS) is 1. The molecule has 258 valence electrons. The van der Waals surface area contributed by atoms with E-state index in [1.807, 2.05) is 60.7 Å². The minimum absolute atomic E-state index is 0.00848.